The third kappa shape index (κ3) is 5.05. The highest BCUT2D eigenvalue weighted by molar-refractivity contribution is 8.93. The molecule has 0 saturated carbocycles. The van der Waals surface area contributed by atoms with Gasteiger partial charge in [0.25, 0.3) is 0 Å². The SMILES string of the molecule is Br.CC(C)(C)c1cc(C(=O)Cn2c(=N)n(Cc3ccccc3)c3ccccc32)cc(N2CCCC2=O)c1O. The lowest BCUT2D eigenvalue weighted by atomic mass is 9.84. The number of nitrogens with zero attached hydrogens (tertiary/aromatic N) is 3. The van der Waals surface area contributed by atoms with E-state index < -0.39 is 5.41 Å². The molecule has 1 aliphatic rings. The van der Waals surface area contributed by atoms with Gasteiger partial charge >= 0.3 is 0 Å². The van der Waals surface area contributed by atoms with Crippen molar-refractivity contribution in [3.8, 4) is 5.75 Å². The number of hydrogen-bond donors (Lipinski definition) is 2. The maximum atomic E-state index is 13.7. The summed E-state index contributed by atoms with van der Waals surface area (Å²) in [5.41, 5.74) is 4.00. The van der Waals surface area contributed by atoms with Crippen molar-refractivity contribution in [3.05, 3.63) is 89.0 Å². The smallest absolute Gasteiger partial charge is 0.227 e. The van der Waals surface area contributed by atoms with E-state index in [0.29, 0.717) is 36.3 Å². The Morgan fingerprint density at radius 3 is 2.21 bits per heavy atom. The number of aromatic hydroxyl groups is 1. The van der Waals surface area contributed by atoms with Crippen LogP contribution < -0.4 is 10.5 Å². The van der Waals surface area contributed by atoms with Crippen LogP contribution in [0.15, 0.2) is 66.7 Å². The molecular formula is C30H33BrN4O3. The molecule has 1 aromatic heterocycles. The molecule has 3 aromatic carbocycles. The van der Waals surface area contributed by atoms with E-state index in [1.54, 1.807) is 21.6 Å². The van der Waals surface area contributed by atoms with Crippen molar-refractivity contribution in [2.24, 2.45) is 0 Å². The van der Waals surface area contributed by atoms with Crippen molar-refractivity contribution < 1.29 is 14.7 Å². The van der Waals surface area contributed by atoms with Crippen molar-refractivity contribution >= 4 is 45.4 Å². The van der Waals surface area contributed by atoms with Gasteiger partial charge < -0.3 is 19.1 Å². The molecular weight excluding hydrogens is 544 g/mol. The summed E-state index contributed by atoms with van der Waals surface area (Å²) < 4.78 is 3.63. The Hall–Kier alpha value is -3.65. The Morgan fingerprint density at radius 2 is 1.61 bits per heavy atom. The summed E-state index contributed by atoms with van der Waals surface area (Å²) in [7, 11) is 0. The number of carbonyl (C=O) groups excluding carboxylic acids is 2. The lowest BCUT2D eigenvalue weighted by Gasteiger charge is -2.26. The predicted octanol–water partition coefficient (Wildman–Crippen LogP) is 5.56. The first-order valence-electron chi connectivity index (χ1n) is 12.6. The Kier molecular flexibility index (Phi) is 7.65. The number of amides is 1. The molecule has 4 aromatic rings. The molecule has 7 nitrogen and oxygen atoms in total. The van der Waals surface area contributed by atoms with Gasteiger partial charge in [0.15, 0.2) is 5.78 Å². The van der Waals surface area contributed by atoms with Gasteiger partial charge in [-0.3, -0.25) is 15.0 Å². The van der Waals surface area contributed by atoms with Gasteiger partial charge in [-0.05, 0) is 41.7 Å². The molecule has 38 heavy (non-hydrogen) atoms. The first kappa shape index (κ1) is 27.4. The minimum Gasteiger partial charge on any atom is -0.505 e. The number of ketones is 1. The minimum absolute atomic E-state index is 0. The van der Waals surface area contributed by atoms with Gasteiger partial charge in [0.2, 0.25) is 11.5 Å². The number of carbonyl (C=O) groups is 2. The third-order valence-corrected chi connectivity index (χ3v) is 7.04. The normalized spacial score (nSPS) is 13.7. The molecule has 0 unspecified atom stereocenters. The number of nitrogens with one attached hydrogen (secondary N) is 1. The van der Waals surface area contributed by atoms with Crippen LogP contribution in [0.25, 0.3) is 11.0 Å². The van der Waals surface area contributed by atoms with Crippen LogP contribution in [0, 0.1) is 5.41 Å². The maximum absolute atomic E-state index is 13.7. The van der Waals surface area contributed by atoms with Crippen LogP contribution in [0.3, 0.4) is 0 Å². The molecule has 1 fully saturated rings. The second kappa shape index (κ2) is 10.6. The highest BCUT2D eigenvalue weighted by Gasteiger charge is 2.30. The zero-order valence-corrected chi connectivity index (χ0v) is 23.6. The fraction of sp³-hybridized carbons (Fsp3) is 0.300. The number of fused-ring (bicyclic) bond motifs is 1. The molecule has 8 heteroatoms. The lowest BCUT2D eigenvalue weighted by molar-refractivity contribution is -0.117. The topological polar surface area (TPSA) is 91.3 Å². The Labute approximate surface area is 232 Å². The van der Waals surface area contributed by atoms with Crippen molar-refractivity contribution in [3.63, 3.8) is 0 Å². The number of imidazole rings is 1. The van der Waals surface area contributed by atoms with E-state index in [-0.39, 0.29) is 46.6 Å². The number of hydrogen-bond acceptors (Lipinski definition) is 4. The predicted molar refractivity (Wildman–Crippen MR) is 154 cm³/mol. The lowest BCUT2D eigenvalue weighted by Crippen LogP contribution is -2.28. The van der Waals surface area contributed by atoms with Gasteiger partial charge in [0, 0.05) is 24.1 Å². The van der Waals surface area contributed by atoms with E-state index >= 15 is 0 Å². The van der Waals surface area contributed by atoms with E-state index in [1.807, 2.05) is 79.9 Å². The zero-order chi connectivity index (χ0) is 26.3. The Bertz CT molecular complexity index is 1560. The number of halogens is 1. The number of phenols is 1. The van der Waals surface area contributed by atoms with Crippen LogP contribution in [0.2, 0.25) is 0 Å². The number of phenolic OH excluding ortho intramolecular Hbond substituents is 1. The summed E-state index contributed by atoms with van der Waals surface area (Å²) in [5, 5.41) is 20.0. The zero-order valence-electron chi connectivity index (χ0n) is 21.9. The van der Waals surface area contributed by atoms with Crippen LogP contribution in [0.1, 0.15) is 55.1 Å². The van der Waals surface area contributed by atoms with Gasteiger partial charge in [0.1, 0.15) is 5.75 Å². The highest BCUT2D eigenvalue weighted by Crippen LogP contribution is 2.40. The second-order valence-corrected chi connectivity index (χ2v) is 10.7. The van der Waals surface area contributed by atoms with Crippen molar-refractivity contribution in [2.75, 3.05) is 11.4 Å². The summed E-state index contributed by atoms with van der Waals surface area (Å²) in [6.45, 7) is 6.93. The number of para-hydroxylation sites is 2. The molecule has 198 valence electrons. The van der Waals surface area contributed by atoms with Crippen molar-refractivity contribution in [2.45, 2.75) is 52.1 Å². The molecule has 0 aliphatic carbocycles. The fourth-order valence-electron chi connectivity index (χ4n) is 5.08. The van der Waals surface area contributed by atoms with Gasteiger partial charge in [0.05, 0.1) is 29.8 Å². The number of rotatable bonds is 6. The number of anilines is 1. The molecule has 0 radical (unpaired) electrons. The third-order valence-electron chi connectivity index (χ3n) is 7.04. The van der Waals surface area contributed by atoms with Crippen LogP contribution >= 0.6 is 17.0 Å². The number of Topliss-reactive ketones (excluding diaryl/α,β-unsaturated/α-hetero) is 1. The quantitative estimate of drug-likeness (QED) is 0.294. The van der Waals surface area contributed by atoms with E-state index in [4.69, 9.17) is 5.41 Å². The van der Waals surface area contributed by atoms with Crippen LogP contribution in [0.4, 0.5) is 5.69 Å². The Balaban J connectivity index is 0.00000336. The maximum Gasteiger partial charge on any atom is 0.227 e. The van der Waals surface area contributed by atoms with E-state index in [9.17, 15) is 14.7 Å². The first-order valence-corrected chi connectivity index (χ1v) is 12.6. The summed E-state index contributed by atoms with van der Waals surface area (Å²) in [6, 6.07) is 21.1. The molecule has 1 saturated heterocycles. The average Bonchev–Trinajstić information content (AvgIpc) is 3.41. The first-order chi connectivity index (χ1) is 17.6. The van der Waals surface area contributed by atoms with Crippen LogP contribution in [-0.4, -0.2) is 32.5 Å². The largest absolute Gasteiger partial charge is 0.505 e. The van der Waals surface area contributed by atoms with Crippen LogP contribution in [-0.2, 0) is 23.3 Å². The molecule has 2 N–H and O–H groups in total. The monoisotopic (exact) mass is 576 g/mol. The summed E-state index contributed by atoms with van der Waals surface area (Å²) >= 11 is 0. The molecule has 0 spiro atoms. The number of benzene rings is 3. The number of aromatic nitrogens is 2. The second-order valence-electron chi connectivity index (χ2n) is 10.7. The Morgan fingerprint density at radius 1 is 0.974 bits per heavy atom. The van der Waals surface area contributed by atoms with Crippen LogP contribution in [0.5, 0.6) is 5.75 Å². The molecule has 1 amide bonds. The highest BCUT2D eigenvalue weighted by atomic mass is 79.9. The van der Waals surface area contributed by atoms with Gasteiger partial charge in [-0.15, -0.1) is 17.0 Å². The van der Waals surface area contributed by atoms with Crippen molar-refractivity contribution in [1.29, 1.82) is 5.41 Å². The van der Waals surface area contributed by atoms with Gasteiger partial charge in [-0.1, -0.05) is 63.2 Å². The summed E-state index contributed by atoms with van der Waals surface area (Å²) in [4.78, 5) is 27.8. The molecule has 2 heterocycles. The molecule has 0 bridgehead atoms. The molecule has 1 aliphatic heterocycles. The van der Waals surface area contributed by atoms with E-state index in [2.05, 4.69) is 0 Å². The summed E-state index contributed by atoms with van der Waals surface area (Å²) in [5.74, 6) is -0.182. The van der Waals surface area contributed by atoms with E-state index in [1.165, 1.54) is 0 Å². The van der Waals surface area contributed by atoms with Crippen molar-refractivity contribution in [1.82, 2.24) is 9.13 Å². The molecule has 0 atom stereocenters. The average molecular weight is 578 g/mol. The standard InChI is InChI=1S/C30H32N4O3.BrH/c1-30(2,3)22-16-21(17-25(28(22)37)32-15-9-14-27(32)36)26(35)19-34-24-13-8-7-12-23(24)33(29(34)31)18-20-10-5-4-6-11-20;/h4-8,10-13,16-17,31,37H,9,14-15,18-19H2,1-3H3;1H. The van der Waals surface area contributed by atoms with Gasteiger partial charge in [-0.25, -0.2) is 0 Å². The summed E-state index contributed by atoms with van der Waals surface area (Å²) in [6.07, 6.45) is 1.15. The van der Waals surface area contributed by atoms with E-state index in [0.717, 1.165) is 23.0 Å². The minimum atomic E-state index is -0.433. The fourth-order valence-corrected chi connectivity index (χ4v) is 5.08. The molecule has 5 rings (SSSR count). The van der Waals surface area contributed by atoms with Gasteiger partial charge in [-0.2, -0.15) is 0 Å².